The number of thioether (sulfide) groups is 1. The molecular weight excluding hydrogens is 586 g/mol. The number of aliphatic hydroxyl groups is 1. The second kappa shape index (κ2) is 14.3. The van der Waals surface area contributed by atoms with Crippen LogP contribution in [0.25, 0.3) is 0 Å². The summed E-state index contributed by atoms with van der Waals surface area (Å²) in [5.41, 5.74) is 0.710. The van der Waals surface area contributed by atoms with E-state index in [-0.39, 0.29) is 42.8 Å². The van der Waals surface area contributed by atoms with Gasteiger partial charge in [0.25, 0.3) is 0 Å². The minimum absolute atomic E-state index is 0.0292. The SMILES string of the molecule is C=CCN(C(=O)[C@@H]1[C@H]2C(=O)N([C@@H](CO)[C@@H](C)CC)C(C(=O)N(CC=C)C(C)CCC)C23CC[C@@]1(C)S3)c1ccc(OCC)cc1. The lowest BCUT2D eigenvalue weighted by Crippen LogP contribution is -2.59. The number of rotatable bonds is 16. The van der Waals surface area contributed by atoms with Crippen LogP contribution in [0.2, 0.25) is 0 Å². The first-order chi connectivity index (χ1) is 21.5. The molecular formula is C36H53N3O5S. The van der Waals surface area contributed by atoms with Crippen LogP contribution in [0.4, 0.5) is 5.69 Å². The molecule has 8 nitrogen and oxygen atoms in total. The summed E-state index contributed by atoms with van der Waals surface area (Å²) in [4.78, 5) is 49.8. The van der Waals surface area contributed by atoms with Crippen molar-refractivity contribution in [2.45, 2.75) is 101 Å². The Morgan fingerprint density at radius 3 is 2.33 bits per heavy atom. The Hall–Kier alpha value is -2.78. The molecule has 3 aliphatic rings. The number of aliphatic hydroxyl groups excluding tert-OH is 1. The maximum atomic E-state index is 14.9. The van der Waals surface area contributed by atoms with Crippen LogP contribution >= 0.6 is 11.8 Å². The van der Waals surface area contributed by atoms with Crippen molar-refractivity contribution in [1.29, 1.82) is 0 Å². The molecule has 0 aromatic heterocycles. The quantitative estimate of drug-likeness (QED) is 0.234. The standard InChI is InChI=1S/C36H53N3O5S/c1-9-14-25(7)37(21-10-2)34(43)31-36-20-19-35(8,45-36)29(30(36)33(42)39(31)28(23-40)24(6)12-4)32(41)38(22-11-3)26-15-17-27(18-16-26)44-13-5/h10-11,15-18,24-25,28-31,40H,2-3,9,12-14,19-23H2,1,4-8H3/t24-,25?,28-,29-,30-,31?,35+,36?/m0/s1. The number of benzene rings is 1. The van der Waals surface area contributed by atoms with Crippen molar-refractivity contribution >= 4 is 35.2 Å². The molecule has 3 heterocycles. The molecule has 3 fully saturated rings. The van der Waals surface area contributed by atoms with Gasteiger partial charge >= 0.3 is 0 Å². The number of hydrogen-bond donors (Lipinski definition) is 1. The lowest BCUT2D eigenvalue weighted by molar-refractivity contribution is -0.148. The number of carbonyl (C=O) groups excluding carboxylic acids is 3. The predicted octanol–water partition coefficient (Wildman–Crippen LogP) is 5.70. The van der Waals surface area contributed by atoms with E-state index in [2.05, 4.69) is 33.9 Å². The predicted molar refractivity (Wildman–Crippen MR) is 182 cm³/mol. The Morgan fingerprint density at radius 1 is 1.11 bits per heavy atom. The molecule has 2 bridgehead atoms. The molecule has 1 spiro atoms. The Morgan fingerprint density at radius 2 is 1.78 bits per heavy atom. The van der Waals surface area contributed by atoms with Crippen molar-refractivity contribution in [2.24, 2.45) is 17.8 Å². The summed E-state index contributed by atoms with van der Waals surface area (Å²) in [5.74, 6) is -1.04. The largest absolute Gasteiger partial charge is 0.494 e. The minimum Gasteiger partial charge on any atom is -0.494 e. The van der Waals surface area contributed by atoms with Crippen LogP contribution in [0.3, 0.4) is 0 Å². The summed E-state index contributed by atoms with van der Waals surface area (Å²) in [5, 5.41) is 10.7. The number of hydrogen-bond acceptors (Lipinski definition) is 6. The lowest BCUT2D eigenvalue weighted by atomic mass is 9.66. The van der Waals surface area contributed by atoms with E-state index < -0.39 is 33.4 Å². The van der Waals surface area contributed by atoms with Crippen molar-refractivity contribution < 1.29 is 24.2 Å². The van der Waals surface area contributed by atoms with Crippen LogP contribution < -0.4 is 9.64 Å². The molecule has 1 aromatic rings. The summed E-state index contributed by atoms with van der Waals surface area (Å²) in [6.45, 7) is 21.1. The zero-order valence-electron chi connectivity index (χ0n) is 28.0. The number of nitrogens with zero attached hydrogens (tertiary/aromatic N) is 3. The third kappa shape index (κ3) is 6.07. The molecule has 248 valence electrons. The fourth-order valence-electron chi connectivity index (χ4n) is 8.06. The number of amides is 3. The van der Waals surface area contributed by atoms with E-state index in [1.54, 1.807) is 33.7 Å². The van der Waals surface area contributed by atoms with E-state index in [0.29, 0.717) is 25.3 Å². The number of carbonyl (C=O) groups is 3. The Kier molecular flexibility index (Phi) is 11.2. The number of ether oxygens (including phenoxy) is 1. The number of anilines is 1. The molecule has 0 aliphatic carbocycles. The molecule has 3 amide bonds. The minimum atomic E-state index is -0.775. The molecule has 45 heavy (non-hydrogen) atoms. The van der Waals surface area contributed by atoms with E-state index in [4.69, 9.17) is 4.74 Å². The second-order valence-electron chi connectivity index (χ2n) is 13.2. The van der Waals surface area contributed by atoms with Gasteiger partial charge in [0.05, 0.1) is 35.8 Å². The molecule has 8 atom stereocenters. The molecule has 9 heteroatoms. The van der Waals surface area contributed by atoms with Gasteiger partial charge in [-0.2, -0.15) is 0 Å². The highest BCUT2D eigenvalue weighted by Crippen LogP contribution is 2.72. The molecule has 4 rings (SSSR count). The molecule has 3 unspecified atom stereocenters. The van der Waals surface area contributed by atoms with Gasteiger partial charge in [0.1, 0.15) is 11.8 Å². The van der Waals surface area contributed by atoms with Crippen LogP contribution in [0.5, 0.6) is 5.75 Å². The van der Waals surface area contributed by atoms with Gasteiger partial charge in [-0.3, -0.25) is 14.4 Å². The number of likely N-dealkylation sites (tertiary alicyclic amines) is 1. The Labute approximate surface area is 274 Å². The summed E-state index contributed by atoms with van der Waals surface area (Å²) < 4.78 is 4.34. The smallest absolute Gasteiger partial charge is 0.247 e. The van der Waals surface area contributed by atoms with Crippen LogP contribution in [-0.2, 0) is 14.4 Å². The van der Waals surface area contributed by atoms with Crippen molar-refractivity contribution in [3.63, 3.8) is 0 Å². The van der Waals surface area contributed by atoms with Gasteiger partial charge in [0, 0.05) is 29.6 Å². The maximum absolute atomic E-state index is 14.9. The van der Waals surface area contributed by atoms with Gasteiger partial charge < -0.3 is 24.5 Å². The van der Waals surface area contributed by atoms with Crippen molar-refractivity contribution in [2.75, 3.05) is 31.2 Å². The monoisotopic (exact) mass is 639 g/mol. The normalized spacial score (nSPS) is 28.7. The third-order valence-corrected chi connectivity index (χ3v) is 12.4. The highest BCUT2D eigenvalue weighted by Gasteiger charge is 2.78. The van der Waals surface area contributed by atoms with Gasteiger partial charge in [0.2, 0.25) is 17.7 Å². The Balaban J connectivity index is 1.83. The van der Waals surface area contributed by atoms with Crippen molar-refractivity contribution in [3.8, 4) is 5.75 Å². The van der Waals surface area contributed by atoms with Crippen LogP contribution in [-0.4, -0.2) is 86.6 Å². The summed E-state index contributed by atoms with van der Waals surface area (Å²) in [6.07, 6.45) is 7.33. The fraction of sp³-hybridized carbons (Fsp3) is 0.639. The van der Waals surface area contributed by atoms with Gasteiger partial charge in [-0.15, -0.1) is 24.9 Å². The second-order valence-corrected chi connectivity index (χ2v) is 15.1. The molecule has 3 aliphatic heterocycles. The van der Waals surface area contributed by atoms with Crippen LogP contribution in [0.1, 0.15) is 73.6 Å². The maximum Gasteiger partial charge on any atom is 0.247 e. The average molecular weight is 640 g/mol. The lowest BCUT2D eigenvalue weighted by Gasteiger charge is -2.42. The summed E-state index contributed by atoms with van der Waals surface area (Å²) >= 11 is 1.67. The zero-order chi connectivity index (χ0) is 33.1. The van der Waals surface area contributed by atoms with Crippen LogP contribution in [0, 0.1) is 17.8 Å². The van der Waals surface area contributed by atoms with Crippen molar-refractivity contribution in [1.82, 2.24) is 9.80 Å². The molecule has 1 N–H and O–H groups in total. The van der Waals surface area contributed by atoms with Crippen LogP contribution in [0.15, 0.2) is 49.6 Å². The first kappa shape index (κ1) is 35.1. The average Bonchev–Trinajstić information content (AvgIpc) is 3.59. The molecule has 0 radical (unpaired) electrons. The third-order valence-electron chi connectivity index (χ3n) is 10.4. The topological polar surface area (TPSA) is 90.4 Å². The van der Waals surface area contributed by atoms with E-state index in [1.807, 2.05) is 49.9 Å². The van der Waals surface area contributed by atoms with Crippen molar-refractivity contribution in [3.05, 3.63) is 49.6 Å². The van der Waals surface area contributed by atoms with E-state index in [9.17, 15) is 19.5 Å². The van der Waals surface area contributed by atoms with Gasteiger partial charge in [-0.1, -0.05) is 45.8 Å². The highest BCUT2D eigenvalue weighted by atomic mass is 32.2. The first-order valence-electron chi connectivity index (χ1n) is 16.7. The van der Waals surface area contributed by atoms with Gasteiger partial charge in [0.15, 0.2) is 0 Å². The Bertz CT molecular complexity index is 1260. The van der Waals surface area contributed by atoms with E-state index in [0.717, 1.165) is 31.4 Å². The zero-order valence-corrected chi connectivity index (χ0v) is 28.9. The molecule has 1 aromatic carbocycles. The summed E-state index contributed by atoms with van der Waals surface area (Å²) in [7, 11) is 0. The fourth-order valence-corrected chi connectivity index (χ4v) is 10.4. The molecule has 3 saturated heterocycles. The summed E-state index contributed by atoms with van der Waals surface area (Å²) in [6, 6.07) is 6.09. The van der Waals surface area contributed by atoms with Gasteiger partial charge in [-0.25, -0.2) is 0 Å². The highest BCUT2D eigenvalue weighted by molar-refractivity contribution is 8.02. The number of fused-ring (bicyclic) bond motifs is 1. The van der Waals surface area contributed by atoms with Gasteiger partial charge in [-0.05, 0) is 70.2 Å². The van der Waals surface area contributed by atoms with E-state index >= 15 is 0 Å². The molecule has 0 saturated carbocycles. The van der Waals surface area contributed by atoms with E-state index in [1.165, 1.54) is 0 Å². The first-order valence-corrected chi connectivity index (χ1v) is 17.5.